The van der Waals surface area contributed by atoms with Gasteiger partial charge in [-0.05, 0) is 6.42 Å². The van der Waals surface area contributed by atoms with Crippen LogP contribution >= 0.6 is 0 Å². The van der Waals surface area contributed by atoms with Crippen LogP contribution in [0.2, 0.25) is 0 Å². The second-order valence-electron chi connectivity index (χ2n) is 4.05. The smallest absolute Gasteiger partial charge is 0.202 e. The highest BCUT2D eigenvalue weighted by Gasteiger charge is 2.38. The lowest BCUT2D eigenvalue weighted by atomic mass is 9.85. The Bertz CT molecular complexity index is 386. The minimum Gasteiger partial charge on any atom is -0.383 e. The van der Waals surface area contributed by atoms with Crippen LogP contribution in [0, 0.1) is 0 Å². The van der Waals surface area contributed by atoms with E-state index < -0.39 is 0 Å². The molecule has 0 N–H and O–H groups in total. The first-order valence-corrected chi connectivity index (χ1v) is 4.82. The minimum atomic E-state index is 0.207. The van der Waals surface area contributed by atoms with Gasteiger partial charge >= 0.3 is 0 Å². The minimum absolute atomic E-state index is 0.207. The number of hydrogen-bond acceptors (Lipinski definition) is 2. The summed E-state index contributed by atoms with van der Waals surface area (Å²) in [4.78, 5) is 13.8. The number of Topliss-reactive ketones (excluding diaryl/α,β-unsaturated/α-hetero) is 1. The number of nitrogens with zero attached hydrogens (tertiary/aromatic N) is 2. The van der Waals surface area contributed by atoms with Gasteiger partial charge in [-0.1, -0.05) is 0 Å². The lowest BCUT2D eigenvalue weighted by Gasteiger charge is -2.21. The summed E-state index contributed by atoms with van der Waals surface area (Å²) < 4.78 is 2.04. The fraction of sp³-hybridized carbons (Fsp3) is 0.455. The Morgan fingerprint density at radius 3 is 2.71 bits per heavy atom. The van der Waals surface area contributed by atoms with Crippen LogP contribution in [0.15, 0.2) is 23.5 Å². The molecule has 74 valence electrons. The van der Waals surface area contributed by atoms with Gasteiger partial charge in [-0.25, -0.2) is 4.58 Å². The van der Waals surface area contributed by atoms with Crippen LogP contribution in [0.3, 0.4) is 0 Å². The number of carbonyl (C=O) groups is 1. The number of rotatable bonds is 1. The first kappa shape index (κ1) is 9.19. The summed E-state index contributed by atoms with van der Waals surface area (Å²) in [5.41, 5.74) is 3.04. The molecule has 0 aromatic carbocycles. The molecule has 2 aliphatic rings. The van der Waals surface area contributed by atoms with E-state index in [2.05, 4.69) is 0 Å². The maximum Gasteiger partial charge on any atom is 0.202 e. The number of carbonyl (C=O) groups excluding carboxylic acids is 1. The summed E-state index contributed by atoms with van der Waals surface area (Å²) in [6.07, 6.45) is 5.71. The van der Waals surface area contributed by atoms with Gasteiger partial charge in [-0.3, -0.25) is 4.79 Å². The van der Waals surface area contributed by atoms with E-state index in [1.54, 1.807) is 0 Å². The van der Waals surface area contributed by atoms with Crippen LogP contribution in [-0.2, 0) is 4.79 Å². The molecule has 1 saturated carbocycles. The van der Waals surface area contributed by atoms with Gasteiger partial charge in [0.2, 0.25) is 5.78 Å². The fourth-order valence-electron chi connectivity index (χ4n) is 1.95. The van der Waals surface area contributed by atoms with Crippen LogP contribution in [-0.4, -0.2) is 42.1 Å². The Balaban J connectivity index is 2.22. The number of fused-ring (bicyclic) bond motifs is 1. The first-order chi connectivity index (χ1) is 6.59. The number of hydrogen-bond donors (Lipinski definition) is 0. The molecular weight excluding hydrogens is 176 g/mol. The quantitative estimate of drug-likeness (QED) is 0.451. The summed E-state index contributed by atoms with van der Waals surface area (Å²) >= 11 is 0. The van der Waals surface area contributed by atoms with Crippen LogP contribution in [0.5, 0.6) is 0 Å². The van der Waals surface area contributed by atoms with Gasteiger partial charge in [0.05, 0.1) is 0 Å². The summed E-state index contributed by atoms with van der Waals surface area (Å²) in [5, 5.41) is 0. The van der Waals surface area contributed by atoms with Crippen molar-refractivity contribution in [3.05, 3.63) is 23.5 Å². The van der Waals surface area contributed by atoms with Gasteiger partial charge in [-0.15, -0.1) is 0 Å². The summed E-state index contributed by atoms with van der Waals surface area (Å²) in [6, 6.07) is 0. The molecule has 1 heterocycles. The molecule has 0 saturated heterocycles. The molecule has 0 radical (unpaired) electrons. The van der Waals surface area contributed by atoms with Crippen LogP contribution < -0.4 is 0 Å². The van der Waals surface area contributed by atoms with E-state index in [1.165, 1.54) is 5.71 Å². The van der Waals surface area contributed by atoms with Gasteiger partial charge in [-0.2, -0.15) is 0 Å². The van der Waals surface area contributed by atoms with Crippen molar-refractivity contribution < 1.29 is 9.37 Å². The molecule has 0 aromatic heterocycles. The first-order valence-electron chi connectivity index (χ1n) is 4.82. The Hall–Kier alpha value is -1.38. The molecule has 2 rings (SSSR count). The van der Waals surface area contributed by atoms with Crippen molar-refractivity contribution in [1.29, 1.82) is 0 Å². The maximum atomic E-state index is 11.9. The van der Waals surface area contributed by atoms with Crippen molar-refractivity contribution in [1.82, 2.24) is 4.90 Å². The normalized spacial score (nSPS) is 23.2. The Morgan fingerprint density at radius 2 is 2.14 bits per heavy atom. The highest BCUT2D eigenvalue weighted by Crippen LogP contribution is 2.27. The van der Waals surface area contributed by atoms with Crippen molar-refractivity contribution in [2.24, 2.45) is 0 Å². The second-order valence-corrected chi connectivity index (χ2v) is 4.05. The zero-order chi connectivity index (χ0) is 10.3. The van der Waals surface area contributed by atoms with Gasteiger partial charge in [0.25, 0.3) is 0 Å². The number of ketones is 1. The van der Waals surface area contributed by atoms with E-state index in [9.17, 15) is 4.79 Å². The zero-order valence-corrected chi connectivity index (χ0v) is 8.87. The van der Waals surface area contributed by atoms with Gasteiger partial charge in [0.15, 0.2) is 17.5 Å². The largest absolute Gasteiger partial charge is 0.383 e. The molecule has 1 aliphatic carbocycles. The van der Waals surface area contributed by atoms with E-state index in [4.69, 9.17) is 0 Å². The molecule has 0 spiro atoms. The molecule has 3 nitrogen and oxygen atoms in total. The molecule has 0 unspecified atom stereocenters. The topological polar surface area (TPSA) is 23.3 Å². The highest BCUT2D eigenvalue weighted by molar-refractivity contribution is 6.29. The van der Waals surface area contributed by atoms with E-state index in [0.29, 0.717) is 0 Å². The molecule has 3 heteroatoms. The Labute approximate surface area is 84.0 Å². The summed E-state index contributed by atoms with van der Waals surface area (Å²) in [6.45, 7) is 0. The zero-order valence-electron chi connectivity index (χ0n) is 8.87. The molecule has 0 bridgehead atoms. The van der Waals surface area contributed by atoms with E-state index >= 15 is 0 Å². The summed E-state index contributed by atoms with van der Waals surface area (Å²) in [7, 11) is 5.88. The van der Waals surface area contributed by atoms with Crippen molar-refractivity contribution in [3.63, 3.8) is 0 Å². The van der Waals surface area contributed by atoms with Gasteiger partial charge in [0.1, 0.15) is 7.05 Å². The van der Waals surface area contributed by atoms with Crippen LogP contribution in [0.25, 0.3) is 0 Å². The Kier molecular flexibility index (Phi) is 2.02. The molecule has 1 aliphatic heterocycles. The fourth-order valence-corrected chi connectivity index (χ4v) is 1.95. The average Bonchev–Trinajstić information content (AvgIpc) is 2.09. The predicted octanol–water partition coefficient (Wildman–Crippen LogP) is 0.776. The van der Waals surface area contributed by atoms with E-state index in [-0.39, 0.29) is 5.78 Å². The predicted molar refractivity (Wildman–Crippen MR) is 55.3 cm³/mol. The Morgan fingerprint density at radius 1 is 1.43 bits per heavy atom. The average molecular weight is 191 g/mol. The van der Waals surface area contributed by atoms with E-state index in [1.807, 2.05) is 43.0 Å². The standard InChI is InChI=1S/C11H15N2O/c1-12(2)6-8-4-5-10-9(11(8)14)7-13(10)3/h6-7H,4-5H2,1-3H3/q+1. The highest BCUT2D eigenvalue weighted by atomic mass is 16.1. The maximum absolute atomic E-state index is 11.9. The lowest BCUT2D eigenvalue weighted by Crippen LogP contribution is -2.34. The van der Waals surface area contributed by atoms with Gasteiger partial charge < -0.3 is 4.90 Å². The third-order valence-corrected chi connectivity index (χ3v) is 2.64. The third-order valence-electron chi connectivity index (χ3n) is 2.64. The lowest BCUT2D eigenvalue weighted by molar-refractivity contribution is -0.435. The van der Waals surface area contributed by atoms with Crippen LogP contribution in [0.1, 0.15) is 12.8 Å². The molecule has 1 fully saturated rings. The summed E-state index contributed by atoms with van der Waals surface area (Å²) in [5.74, 6) is 0.207. The van der Waals surface area contributed by atoms with E-state index in [0.717, 1.165) is 24.0 Å². The van der Waals surface area contributed by atoms with Crippen LogP contribution in [0.4, 0.5) is 0 Å². The second kappa shape index (κ2) is 3.08. The molecule has 0 atom stereocenters. The SMILES string of the molecule is CN(C)C=C1CCC2=[N+](C)C=C2C1=O. The van der Waals surface area contributed by atoms with Crippen molar-refractivity contribution in [3.8, 4) is 0 Å². The molecular formula is C11H15N2O+. The molecule has 0 aromatic rings. The number of allylic oxidation sites excluding steroid dienone is 2. The van der Waals surface area contributed by atoms with Gasteiger partial charge in [0, 0.05) is 32.3 Å². The molecule has 0 amide bonds. The molecule has 14 heavy (non-hydrogen) atoms. The van der Waals surface area contributed by atoms with Crippen molar-refractivity contribution >= 4 is 11.5 Å². The van der Waals surface area contributed by atoms with Crippen molar-refractivity contribution in [2.75, 3.05) is 21.1 Å². The third kappa shape index (κ3) is 1.29. The monoisotopic (exact) mass is 191 g/mol. The van der Waals surface area contributed by atoms with Crippen molar-refractivity contribution in [2.45, 2.75) is 12.8 Å².